The van der Waals surface area contributed by atoms with Crippen LogP contribution in [-0.2, 0) is 4.79 Å². The number of anilines is 1. The number of hydrogen-bond donors (Lipinski definition) is 3. The lowest BCUT2D eigenvalue weighted by Gasteiger charge is -2.23. The van der Waals surface area contributed by atoms with E-state index in [1.165, 1.54) is 12.4 Å². The topological polar surface area (TPSA) is 112 Å². The van der Waals surface area contributed by atoms with Gasteiger partial charge in [-0.15, -0.1) is 0 Å². The summed E-state index contributed by atoms with van der Waals surface area (Å²) < 4.78 is 31.7. The molecule has 0 fully saturated rings. The maximum Gasteiger partial charge on any atom is 0.490 e. The van der Waals surface area contributed by atoms with E-state index in [9.17, 15) is 18.0 Å². The molecule has 0 saturated heterocycles. The van der Waals surface area contributed by atoms with Crippen LogP contribution in [0.5, 0.6) is 0 Å². The smallest absolute Gasteiger partial charge is 0.477 e. The van der Waals surface area contributed by atoms with Crippen molar-refractivity contribution in [3.63, 3.8) is 0 Å². The van der Waals surface area contributed by atoms with E-state index in [2.05, 4.69) is 36.1 Å². The van der Waals surface area contributed by atoms with Gasteiger partial charge < -0.3 is 15.5 Å². The van der Waals surface area contributed by atoms with Gasteiger partial charge in [0.2, 0.25) is 0 Å². The standard InChI is InChI=1S/C11H17N3O2.C2HF3O2/c1-4-11(2,3)6-12-9-5-8(10(15)16)13-7-14-9;3-2(4,5)1(6)7/h5,7H,4,6H2,1-3H3,(H,15,16)(H,12,13,14);(H,6,7). The van der Waals surface area contributed by atoms with Crippen LogP contribution in [0.25, 0.3) is 0 Å². The summed E-state index contributed by atoms with van der Waals surface area (Å²) in [6.07, 6.45) is -2.79. The molecule has 0 aliphatic rings. The highest BCUT2D eigenvalue weighted by Crippen LogP contribution is 2.19. The molecule has 1 aromatic heterocycles. The minimum atomic E-state index is -5.08. The van der Waals surface area contributed by atoms with Crippen LogP contribution < -0.4 is 5.32 Å². The minimum Gasteiger partial charge on any atom is -0.477 e. The molecule has 3 N–H and O–H groups in total. The number of nitrogens with zero attached hydrogens (tertiary/aromatic N) is 2. The fraction of sp³-hybridized carbons (Fsp3) is 0.538. The number of carboxylic acid groups (broad SMARTS) is 2. The second-order valence-corrected chi connectivity index (χ2v) is 5.27. The summed E-state index contributed by atoms with van der Waals surface area (Å²) >= 11 is 0. The van der Waals surface area contributed by atoms with Crippen molar-refractivity contribution >= 4 is 17.8 Å². The normalized spacial score (nSPS) is 11.2. The molecule has 23 heavy (non-hydrogen) atoms. The van der Waals surface area contributed by atoms with Gasteiger partial charge in [-0.1, -0.05) is 20.8 Å². The van der Waals surface area contributed by atoms with Crippen LogP contribution >= 0.6 is 0 Å². The fourth-order valence-electron chi connectivity index (χ4n) is 1.03. The van der Waals surface area contributed by atoms with E-state index in [4.69, 9.17) is 15.0 Å². The Bertz CT molecular complexity index is 548. The van der Waals surface area contributed by atoms with Gasteiger partial charge in [0, 0.05) is 12.6 Å². The molecule has 1 heterocycles. The predicted octanol–water partition coefficient (Wildman–Crippen LogP) is 2.66. The SMILES string of the molecule is CCC(C)(C)CNc1cc(C(=O)O)ncn1.O=C(O)C(F)(F)F. The number of carboxylic acids is 2. The quantitative estimate of drug-likeness (QED) is 0.757. The molecule has 0 aliphatic carbocycles. The van der Waals surface area contributed by atoms with Crippen molar-refractivity contribution in [2.45, 2.75) is 33.4 Å². The highest BCUT2D eigenvalue weighted by atomic mass is 19.4. The Labute approximate surface area is 130 Å². The van der Waals surface area contributed by atoms with Crippen LogP contribution in [0.3, 0.4) is 0 Å². The van der Waals surface area contributed by atoms with Gasteiger partial charge in [-0.2, -0.15) is 13.2 Å². The monoisotopic (exact) mass is 337 g/mol. The number of nitrogens with one attached hydrogen (secondary N) is 1. The summed E-state index contributed by atoms with van der Waals surface area (Å²) in [6.45, 7) is 7.14. The number of rotatable bonds is 5. The molecule has 0 spiro atoms. The van der Waals surface area contributed by atoms with Crippen molar-refractivity contribution in [2.24, 2.45) is 5.41 Å². The predicted molar refractivity (Wildman–Crippen MR) is 75.2 cm³/mol. The average molecular weight is 337 g/mol. The van der Waals surface area contributed by atoms with Gasteiger partial charge in [-0.3, -0.25) is 0 Å². The Morgan fingerprint density at radius 1 is 1.22 bits per heavy atom. The van der Waals surface area contributed by atoms with E-state index >= 15 is 0 Å². The van der Waals surface area contributed by atoms with Gasteiger partial charge in [0.05, 0.1) is 0 Å². The Balaban J connectivity index is 0.000000585. The zero-order valence-electron chi connectivity index (χ0n) is 12.8. The number of aromatic nitrogens is 2. The van der Waals surface area contributed by atoms with Gasteiger partial charge in [0.1, 0.15) is 12.1 Å². The van der Waals surface area contributed by atoms with E-state index in [-0.39, 0.29) is 11.1 Å². The van der Waals surface area contributed by atoms with E-state index in [0.717, 1.165) is 13.0 Å². The van der Waals surface area contributed by atoms with Gasteiger partial charge in [-0.25, -0.2) is 19.6 Å². The van der Waals surface area contributed by atoms with Crippen LogP contribution in [0, 0.1) is 5.41 Å². The van der Waals surface area contributed by atoms with E-state index in [1.54, 1.807) is 0 Å². The zero-order valence-corrected chi connectivity index (χ0v) is 12.8. The summed E-state index contributed by atoms with van der Waals surface area (Å²) in [7, 11) is 0. The fourth-order valence-corrected chi connectivity index (χ4v) is 1.03. The number of aromatic carboxylic acids is 1. The first-order valence-electron chi connectivity index (χ1n) is 6.48. The number of hydrogen-bond acceptors (Lipinski definition) is 5. The largest absolute Gasteiger partial charge is 0.490 e. The van der Waals surface area contributed by atoms with Crippen LogP contribution in [0.2, 0.25) is 0 Å². The molecular weight excluding hydrogens is 319 g/mol. The third kappa shape index (κ3) is 8.59. The molecule has 0 aliphatic heterocycles. The van der Waals surface area contributed by atoms with Crippen molar-refractivity contribution in [3.05, 3.63) is 18.1 Å². The van der Waals surface area contributed by atoms with Gasteiger partial charge in [-0.05, 0) is 11.8 Å². The summed E-state index contributed by atoms with van der Waals surface area (Å²) in [5, 5.41) is 19.0. The van der Waals surface area contributed by atoms with Crippen molar-refractivity contribution in [2.75, 3.05) is 11.9 Å². The first-order chi connectivity index (χ1) is 10.4. The van der Waals surface area contributed by atoms with Crippen LogP contribution in [0.15, 0.2) is 12.4 Å². The highest BCUT2D eigenvalue weighted by molar-refractivity contribution is 5.85. The first-order valence-corrected chi connectivity index (χ1v) is 6.48. The molecular formula is C13H18F3N3O4. The second-order valence-electron chi connectivity index (χ2n) is 5.27. The van der Waals surface area contributed by atoms with E-state index < -0.39 is 18.1 Å². The molecule has 0 bridgehead atoms. The number of alkyl halides is 3. The Morgan fingerprint density at radius 3 is 2.13 bits per heavy atom. The first kappa shape index (κ1) is 20.6. The molecule has 130 valence electrons. The van der Waals surface area contributed by atoms with Crippen LogP contribution in [0.4, 0.5) is 19.0 Å². The molecule has 0 radical (unpaired) electrons. The molecule has 0 saturated carbocycles. The van der Waals surface area contributed by atoms with Crippen molar-refractivity contribution in [3.8, 4) is 0 Å². The summed E-state index contributed by atoms with van der Waals surface area (Å²) in [6, 6.07) is 1.44. The van der Waals surface area contributed by atoms with Gasteiger partial charge in [0.25, 0.3) is 0 Å². The lowest BCUT2D eigenvalue weighted by molar-refractivity contribution is -0.192. The van der Waals surface area contributed by atoms with Crippen molar-refractivity contribution in [1.82, 2.24) is 9.97 Å². The van der Waals surface area contributed by atoms with Crippen LogP contribution in [0.1, 0.15) is 37.7 Å². The Morgan fingerprint density at radius 2 is 1.74 bits per heavy atom. The third-order valence-corrected chi connectivity index (χ3v) is 2.83. The third-order valence-electron chi connectivity index (χ3n) is 2.83. The molecule has 0 aromatic carbocycles. The van der Waals surface area contributed by atoms with Gasteiger partial charge >= 0.3 is 18.1 Å². The van der Waals surface area contributed by atoms with E-state index in [1.807, 2.05) is 0 Å². The zero-order chi connectivity index (χ0) is 18.3. The molecule has 1 rings (SSSR count). The van der Waals surface area contributed by atoms with Gasteiger partial charge in [0.15, 0.2) is 5.69 Å². The molecule has 0 atom stereocenters. The minimum absolute atomic E-state index is 0.00630. The van der Waals surface area contributed by atoms with Crippen molar-refractivity contribution < 1.29 is 33.0 Å². The molecule has 0 unspecified atom stereocenters. The summed E-state index contributed by atoms with van der Waals surface area (Å²) in [4.78, 5) is 27.2. The molecule has 10 heteroatoms. The molecule has 0 amide bonds. The lowest BCUT2D eigenvalue weighted by atomic mass is 9.90. The number of carbonyl (C=O) groups is 2. The van der Waals surface area contributed by atoms with Crippen molar-refractivity contribution in [1.29, 1.82) is 0 Å². The summed E-state index contributed by atoms with van der Waals surface area (Å²) in [5.74, 6) is -3.25. The second kappa shape index (κ2) is 8.30. The number of aliphatic carboxylic acids is 1. The maximum absolute atomic E-state index is 10.7. The summed E-state index contributed by atoms with van der Waals surface area (Å²) in [5.41, 5.74) is 0.167. The van der Waals surface area contributed by atoms with E-state index in [0.29, 0.717) is 5.82 Å². The van der Waals surface area contributed by atoms with Crippen LogP contribution in [-0.4, -0.2) is 44.8 Å². The Kier molecular flexibility index (Phi) is 7.44. The Hall–Kier alpha value is -2.39. The average Bonchev–Trinajstić information content (AvgIpc) is 2.45. The number of halogens is 3. The highest BCUT2D eigenvalue weighted by Gasteiger charge is 2.38. The lowest BCUT2D eigenvalue weighted by Crippen LogP contribution is -2.22. The molecule has 1 aromatic rings. The molecule has 7 nitrogen and oxygen atoms in total. The maximum atomic E-state index is 10.7.